The summed E-state index contributed by atoms with van der Waals surface area (Å²) in [5, 5.41) is 0. The fraction of sp³-hybridized carbons (Fsp3) is 0.429. The van der Waals surface area contributed by atoms with Crippen molar-refractivity contribution >= 4 is 11.0 Å². The number of piperidine rings is 1. The molecule has 0 bridgehead atoms. The third kappa shape index (κ3) is 6.45. The zero-order valence-corrected chi connectivity index (χ0v) is 22.4. The van der Waals surface area contributed by atoms with Gasteiger partial charge in [0.05, 0.1) is 27.0 Å². The van der Waals surface area contributed by atoms with E-state index in [1.54, 1.807) is 19.3 Å². The van der Waals surface area contributed by atoms with E-state index in [-0.39, 0.29) is 0 Å². The Morgan fingerprint density at radius 3 is 2.24 bits per heavy atom. The van der Waals surface area contributed by atoms with E-state index in [0.717, 1.165) is 55.7 Å². The van der Waals surface area contributed by atoms with E-state index < -0.39 is 38.9 Å². The van der Waals surface area contributed by atoms with Crippen LogP contribution in [0.1, 0.15) is 68.8 Å². The van der Waals surface area contributed by atoms with E-state index in [1.807, 2.05) is 39.0 Å². The molecule has 0 saturated carbocycles. The highest BCUT2D eigenvalue weighted by atomic mass is 32.2. The van der Waals surface area contributed by atoms with Gasteiger partial charge in [-0.25, -0.2) is 22.7 Å². The summed E-state index contributed by atoms with van der Waals surface area (Å²) in [5.74, 6) is -2.00. The first kappa shape index (κ1) is 27.4. The lowest BCUT2D eigenvalue weighted by Gasteiger charge is -2.34. The highest BCUT2D eigenvalue weighted by molar-refractivity contribution is 7.84. The molecule has 1 aliphatic rings. The number of halogens is 3. The van der Waals surface area contributed by atoms with Gasteiger partial charge in [0, 0.05) is 18.9 Å². The Kier molecular flexibility index (Phi) is 8.16. The third-order valence-electron chi connectivity index (χ3n) is 6.90. The summed E-state index contributed by atoms with van der Waals surface area (Å²) in [6.07, 6.45) is 5.35. The first-order valence-electron chi connectivity index (χ1n) is 12.4. The van der Waals surface area contributed by atoms with Gasteiger partial charge >= 0.3 is 0 Å². The lowest BCUT2D eigenvalue weighted by atomic mass is 9.88. The summed E-state index contributed by atoms with van der Waals surface area (Å²) in [5.41, 5.74) is 1.98. The summed E-state index contributed by atoms with van der Waals surface area (Å²) < 4.78 is 56.5. The molecule has 1 N–H and O–H groups in total. The van der Waals surface area contributed by atoms with E-state index in [9.17, 15) is 17.4 Å². The summed E-state index contributed by atoms with van der Waals surface area (Å²) in [4.78, 5) is 10.8. The van der Waals surface area contributed by atoms with E-state index in [0.29, 0.717) is 17.2 Å². The molecule has 37 heavy (non-hydrogen) atoms. The molecule has 1 aromatic carbocycles. The smallest absolute Gasteiger partial charge is 0.212 e. The van der Waals surface area contributed by atoms with Crippen LogP contribution in [0.4, 0.5) is 13.2 Å². The van der Waals surface area contributed by atoms with E-state index in [1.165, 1.54) is 12.1 Å². The van der Waals surface area contributed by atoms with E-state index in [2.05, 4.69) is 19.6 Å². The van der Waals surface area contributed by atoms with Crippen molar-refractivity contribution in [2.45, 2.75) is 63.3 Å². The zero-order chi connectivity index (χ0) is 26.8. The van der Waals surface area contributed by atoms with E-state index >= 15 is 0 Å². The fourth-order valence-corrected chi connectivity index (χ4v) is 5.43. The molecule has 1 aliphatic heterocycles. The summed E-state index contributed by atoms with van der Waals surface area (Å²) in [6, 6.07) is 10.7. The number of pyridine rings is 2. The molecule has 0 radical (unpaired) electrons. The van der Waals surface area contributed by atoms with Crippen LogP contribution in [0.25, 0.3) is 0 Å². The minimum absolute atomic E-state index is 0.372. The first-order valence-corrected chi connectivity index (χ1v) is 13.5. The Labute approximate surface area is 219 Å². The molecule has 9 heteroatoms. The normalized spacial score (nSPS) is 17.9. The van der Waals surface area contributed by atoms with Crippen LogP contribution >= 0.6 is 0 Å². The third-order valence-corrected chi connectivity index (χ3v) is 8.61. The molecule has 1 saturated heterocycles. The Morgan fingerprint density at radius 1 is 0.946 bits per heavy atom. The summed E-state index contributed by atoms with van der Waals surface area (Å²) in [7, 11) is -1.49. The SMILES string of the molecule is CC(N[S@](=O)C(C)(C)C)(c1ccc(F)c(F)c1)c1ccc(CN2CCC(c3ccc(F)nc3)CC2)cn1. The fourth-order valence-electron chi connectivity index (χ4n) is 4.53. The number of hydrogen-bond donors (Lipinski definition) is 1. The van der Waals surface area contributed by atoms with Crippen molar-refractivity contribution < 1.29 is 17.4 Å². The minimum atomic E-state index is -1.49. The van der Waals surface area contributed by atoms with Crippen molar-refractivity contribution in [3.05, 3.63) is 94.8 Å². The van der Waals surface area contributed by atoms with Crippen LogP contribution in [0.15, 0.2) is 54.9 Å². The second-order valence-corrected chi connectivity index (χ2v) is 12.7. The Balaban J connectivity index is 1.49. The Morgan fingerprint density at radius 2 is 1.68 bits per heavy atom. The maximum Gasteiger partial charge on any atom is 0.212 e. The van der Waals surface area contributed by atoms with Crippen molar-refractivity contribution in [3.63, 3.8) is 0 Å². The predicted molar refractivity (Wildman–Crippen MR) is 140 cm³/mol. The molecular formula is C28H33F3N4OS. The van der Waals surface area contributed by atoms with Crippen molar-refractivity contribution in [2.24, 2.45) is 0 Å². The maximum absolute atomic E-state index is 14.2. The topological polar surface area (TPSA) is 58.1 Å². The average Bonchev–Trinajstić information content (AvgIpc) is 2.86. The maximum atomic E-state index is 14.2. The molecule has 2 aromatic heterocycles. The van der Waals surface area contributed by atoms with Gasteiger partial charge in [-0.15, -0.1) is 0 Å². The molecule has 3 aromatic rings. The van der Waals surface area contributed by atoms with Gasteiger partial charge in [-0.1, -0.05) is 18.2 Å². The van der Waals surface area contributed by atoms with Crippen molar-refractivity contribution in [1.29, 1.82) is 0 Å². The van der Waals surface area contributed by atoms with Gasteiger partial charge in [0.15, 0.2) is 11.6 Å². The number of rotatable bonds is 7. The van der Waals surface area contributed by atoms with Gasteiger partial charge in [-0.2, -0.15) is 4.39 Å². The van der Waals surface area contributed by atoms with Crippen LogP contribution in [0.5, 0.6) is 0 Å². The largest absolute Gasteiger partial charge is 0.299 e. The number of aromatic nitrogens is 2. The Hall–Kier alpha value is -2.62. The molecule has 198 valence electrons. The van der Waals surface area contributed by atoms with Crippen LogP contribution in [0, 0.1) is 17.6 Å². The molecule has 3 heterocycles. The summed E-state index contributed by atoms with van der Waals surface area (Å²) >= 11 is 0. The lowest BCUT2D eigenvalue weighted by Crippen LogP contribution is -2.47. The highest BCUT2D eigenvalue weighted by Gasteiger charge is 2.36. The van der Waals surface area contributed by atoms with Gasteiger partial charge in [0.25, 0.3) is 0 Å². The molecule has 0 spiro atoms. The van der Waals surface area contributed by atoms with Crippen LogP contribution < -0.4 is 4.72 Å². The molecule has 2 atom stereocenters. The average molecular weight is 531 g/mol. The molecule has 5 nitrogen and oxygen atoms in total. The molecular weight excluding hydrogens is 497 g/mol. The van der Waals surface area contributed by atoms with Gasteiger partial charge < -0.3 is 0 Å². The standard InChI is InChI=1S/C28H33F3N4OS/c1-27(2,3)37(36)34-28(4,22-7-8-23(29)24(30)15-22)25-9-5-19(16-32-25)18-35-13-11-20(12-14-35)21-6-10-26(31)33-17-21/h5-10,15-17,20,34H,11-14,18H2,1-4H3/t28?,37-/m1/s1. The number of nitrogens with zero attached hydrogens (tertiary/aromatic N) is 3. The molecule has 4 rings (SSSR count). The van der Waals surface area contributed by atoms with E-state index in [4.69, 9.17) is 0 Å². The van der Waals surface area contributed by atoms with Crippen LogP contribution in [0.3, 0.4) is 0 Å². The molecule has 0 aliphatic carbocycles. The van der Waals surface area contributed by atoms with Gasteiger partial charge in [-0.05, 0) is 100 Å². The van der Waals surface area contributed by atoms with Gasteiger partial charge in [0.1, 0.15) is 0 Å². The van der Waals surface area contributed by atoms with Gasteiger partial charge in [0.2, 0.25) is 5.95 Å². The first-order chi connectivity index (χ1) is 17.5. The van der Waals surface area contributed by atoms with Crippen LogP contribution in [-0.2, 0) is 23.1 Å². The second-order valence-electron chi connectivity index (χ2n) is 10.8. The number of benzene rings is 1. The number of hydrogen-bond acceptors (Lipinski definition) is 4. The zero-order valence-electron chi connectivity index (χ0n) is 21.6. The highest BCUT2D eigenvalue weighted by Crippen LogP contribution is 2.32. The minimum Gasteiger partial charge on any atom is -0.299 e. The molecule has 1 fully saturated rings. The van der Waals surface area contributed by atoms with Crippen LogP contribution in [-0.4, -0.2) is 36.9 Å². The monoisotopic (exact) mass is 530 g/mol. The second kappa shape index (κ2) is 11.0. The van der Waals surface area contributed by atoms with Crippen LogP contribution in [0.2, 0.25) is 0 Å². The molecule has 1 unspecified atom stereocenters. The summed E-state index contributed by atoms with van der Waals surface area (Å²) in [6.45, 7) is 9.84. The number of likely N-dealkylation sites (tertiary alicyclic amines) is 1. The predicted octanol–water partition coefficient (Wildman–Crippen LogP) is 5.59. The van der Waals surface area contributed by atoms with Crippen molar-refractivity contribution in [1.82, 2.24) is 19.6 Å². The van der Waals surface area contributed by atoms with Crippen molar-refractivity contribution in [3.8, 4) is 0 Å². The van der Waals surface area contributed by atoms with Crippen molar-refractivity contribution in [2.75, 3.05) is 13.1 Å². The Bertz CT molecular complexity index is 1240. The quantitative estimate of drug-likeness (QED) is 0.405. The molecule has 0 amide bonds. The van der Waals surface area contributed by atoms with Gasteiger partial charge in [-0.3, -0.25) is 9.88 Å². The lowest BCUT2D eigenvalue weighted by molar-refractivity contribution is 0.204. The number of nitrogens with one attached hydrogen (secondary N) is 1.